The third-order valence-corrected chi connectivity index (χ3v) is 3.30. The number of ether oxygens (including phenoxy) is 2. The van der Waals surface area contributed by atoms with E-state index in [0.29, 0.717) is 12.5 Å². The van der Waals surface area contributed by atoms with Crippen molar-refractivity contribution in [1.29, 1.82) is 0 Å². The maximum atomic E-state index is 6.09. The Bertz CT molecular complexity index is 567. The van der Waals surface area contributed by atoms with Crippen LogP contribution in [0.25, 0.3) is 10.8 Å². The molecule has 0 spiro atoms. The van der Waals surface area contributed by atoms with Gasteiger partial charge in [-0.05, 0) is 31.5 Å². The third kappa shape index (κ3) is 2.96. The van der Waals surface area contributed by atoms with E-state index in [0.717, 1.165) is 22.9 Å². The number of nitrogens with two attached hydrogens (primary N) is 1. The zero-order chi connectivity index (χ0) is 13.9. The van der Waals surface area contributed by atoms with Gasteiger partial charge in [-0.15, -0.1) is 0 Å². The second-order valence-electron chi connectivity index (χ2n) is 4.97. The standard InChI is InChI=1S/C15H20N2O2/c1-4-15(2,16)10-19-14-12-6-5-7-13(18-3)11(12)8-9-17-14/h5-9H,4,10,16H2,1-3H3. The predicted molar refractivity (Wildman–Crippen MR) is 76.7 cm³/mol. The number of methoxy groups -OCH3 is 1. The third-order valence-electron chi connectivity index (χ3n) is 3.30. The van der Waals surface area contributed by atoms with Crippen molar-refractivity contribution in [3.8, 4) is 11.6 Å². The van der Waals surface area contributed by atoms with Gasteiger partial charge in [0.2, 0.25) is 5.88 Å². The molecule has 4 nitrogen and oxygen atoms in total. The molecular formula is C15H20N2O2. The molecule has 0 saturated carbocycles. The fourth-order valence-electron chi connectivity index (χ4n) is 1.78. The fourth-order valence-corrected chi connectivity index (χ4v) is 1.78. The van der Waals surface area contributed by atoms with E-state index in [1.807, 2.05) is 38.1 Å². The minimum Gasteiger partial charge on any atom is -0.496 e. The molecule has 0 aliphatic carbocycles. The molecule has 1 aromatic carbocycles. The Labute approximate surface area is 113 Å². The van der Waals surface area contributed by atoms with Crippen molar-refractivity contribution in [3.63, 3.8) is 0 Å². The number of rotatable bonds is 5. The summed E-state index contributed by atoms with van der Waals surface area (Å²) in [5, 5.41) is 1.93. The van der Waals surface area contributed by atoms with Gasteiger partial charge in [0, 0.05) is 22.5 Å². The Hall–Kier alpha value is -1.81. The van der Waals surface area contributed by atoms with Gasteiger partial charge in [0.05, 0.1) is 7.11 Å². The van der Waals surface area contributed by atoms with Gasteiger partial charge < -0.3 is 15.2 Å². The number of hydrogen-bond donors (Lipinski definition) is 1. The molecule has 0 radical (unpaired) electrons. The van der Waals surface area contributed by atoms with Crippen LogP contribution in [0.4, 0.5) is 0 Å². The summed E-state index contributed by atoms with van der Waals surface area (Å²) in [5.74, 6) is 1.41. The van der Waals surface area contributed by atoms with E-state index in [1.54, 1.807) is 13.3 Å². The lowest BCUT2D eigenvalue weighted by molar-refractivity contribution is 0.221. The van der Waals surface area contributed by atoms with Crippen molar-refractivity contribution >= 4 is 10.8 Å². The first-order valence-electron chi connectivity index (χ1n) is 6.41. The smallest absolute Gasteiger partial charge is 0.221 e. The van der Waals surface area contributed by atoms with Gasteiger partial charge >= 0.3 is 0 Å². The molecule has 0 amide bonds. The van der Waals surface area contributed by atoms with Crippen molar-refractivity contribution < 1.29 is 9.47 Å². The summed E-state index contributed by atoms with van der Waals surface area (Å²) < 4.78 is 11.1. The van der Waals surface area contributed by atoms with E-state index < -0.39 is 0 Å². The van der Waals surface area contributed by atoms with Crippen LogP contribution < -0.4 is 15.2 Å². The van der Waals surface area contributed by atoms with Gasteiger partial charge in [-0.3, -0.25) is 0 Å². The van der Waals surface area contributed by atoms with E-state index in [9.17, 15) is 0 Å². The Morgan fingerprint density at radius 3 is 2.74 bits per heavy atom. The number of benzene rings is 1. The molecule has 1 aromatic heterocycles. The molecule has 1 atom stereocenters. The van der Waals surface area contributed by atoms with Crippen LogP contribution in [0.15, 0.2) is 30.5 Å². The van der Waals surface area contributed by atoms with E-state index >= 15 is 0 Å². The van der Waals surface area contributed by atoms with Crippen molar-refractivity contribution in [2.24, 2.45) is 5.73 Å². The molecule has 1 unspecified atom stereocenters. The Kier molecular flexibility index (Phi) is 3.90. The summed E-state index contributed by atoms with van der Waals surface area (Å²) in [6.07, 6.45) is 2.57. The quantitative estimate of drug-likeness (QED) is 0.898. The van der Waals surface area contributed by atoms with Crippen molar-refractivity contribution in [3.05, 3.63) is 30.5 Å². The Morgan fingerprint density at radius 2 is 2.05 bits per heavy atom. The van der Waals surface area contributed by atoms with E-state index in [2.05, 4.69) is 4.98 Å². The van der Waals surface area contributed by atoms with Crippen LogP contribution in [0.5, 0.6) is 11.6 Å². The molecule has 0 bridgehead atoms. The highest BCUT2D eigenvalue weighted by atomic mass is 16.5. The average molecular weight is 260 g/mol. The summed E-state index contributed by atoms with van der Waals surface area (Å²) in [6, 6.07) is 7.74. The molecule has 0 saturated heterocycles. The van der Waals surface area contributed by atoms with Crippen LogP contribution in [0.1, 0.15) is 20.3 Å². The summed E-state index contributed by atoms with van der Waals surface area (Å²) in [6.45, 7) is 4.45. The van der Waals surface area contributed by atoms with Gasteiger partial charge in [0.1, 0.15) is 12.4 Å². The van der Waals surface area contributed by atoms with Gasteiger partial charge in [-0.1, -0.05) is 13.0 Å². The Morgan fingerprint density at radius 1 is 1.26 bits per heavy atom. The number of nitrogens with zero attached hydrogens (tertiary/aromatic N) is 1. The molecule has 0 aliphatic rings. The van der Waals surface area contributed by atoms with E-state index in [1.165, 1.54) is 0 Å². The first kappa shape index (κ1) is 13.6. The molecule has 0 aliphatic heterocycles. The molecule has 2 N–H and O–H groups in total. The summed E-state index contributed by atoms with van der Waals surface area (Å²) in [4.78, 5) is 4.29. The van der Waals surface area contributed by atoms with E-state index in [-0.39, 0.29) is 5.54 Å². The largest absolute Gasteiger partial charge is 0.496 e. The lowest BCUT2D eigenvalue weighted by Gasteiger charge is -2.22. The first-order chi connectivity index (χ1) is 9.07. The minimum atomic E-state index is -0.345. The minimum absolute atomic E-state index is 0.345. The Balaban J connectivity index is 2.34. The lowest BCUT2D eigenvalue weighted by Crippen LogP contribution is -2.41. The van der Waals surface area contributed by atoms with Gasteiger partial charge in [0.25, 0.3) is 0 Å². The van der Waals surface area contributed by atoms with Crippen LogP contribution in [-0.2, 0) is 0 Å². The van der Waals surface area contributed by atoms with Gasteiger partial charge in [0.15, 0.2) is 0 Å². The van der Waals surface area contributed by atoms with E-state index in [4.69, 9.17) is 15.2 Å². The highest BCUT2D eigenvalue weighted by Crippen LogP contribution is 2.30. The first-order valence-corrected chi connectivity index (χ1v) is 6.41. The molecule has 19 heavy (non-hydrogen) atoms. The zero-order valence-corrected chi connectivity index (χ0v) is 11.6. The highest BCUT2D eigenvalue weighted by Gasteiger charge is 2.17. The number of aromatic nitrogens is 1. The maximum Gasteiger partial charge on any atom is 0.221 e. The predicted octanol–water partition coefficient (Wildman–Crippen LogP) is 2.75. The fraction of sp³-hybridized carbons (Fsp3) is 0.400. The topological polar surface area (TPSA) is 57.4 Å². The molecule has 2 aromatic rings. The van der Waals surface area contributed by atoms with Gasteiger partial charge in [-0.25, -0.2) is 4.98 Å². The number of fused-ring (bicyclic) bond motifs is 1. The molecule has 102 valence electrons. The van der Waals surface area contributed by atoms with Crippen molar-refractivity contribution in [1.82, 2.24) is 4.98 Å². The SMILES string of the molecule is CCC(C)(N)COc1nccc2c(OC)cccc12. The molecule has 1 heterocycles. The monoisotopic (exact) mass is 260 g/mol. The second-order valence-corrected chi connectivity index (χ2v) is 4.97. The second kappa shape index (κ2) is 5.45. The lowest BCUT2D eigenvalue weighted by atomic mass is 10.0. The number of hydrogen-bond acceptors (Lipinski definition) is 4. The zero-order valence-electron chi connectivity index (χ0n) is 11.6. The van der Waals surface area contributed by atoms with Crippen LogP contribution >= 0.6 is 0 Å². The average Bonchev–Trinajstić information content (AvgIpc) is 2.44. The number of pyridine rings is 1. The molecular weight excluding hydrogens is 240 g/mol. The molecule has 2 rings (SSSR count). The van der Waals surface area contributed by atoms with Crippen LogP contribution in [0, 0.1) is 0 Å². The normalized spacial score (nSPS) is 14.1. The van der Waals surface area contributed by atoms with Gasteiger partial charge in [-0.2, -0.15) is 0 Å². The highest BCUT2D eigenvalue weighted by molar-refractivity contribution is 5.91. The van der Waals surface area contributed by atoms with Crippen LogP contribution in [0.3, 0.4) is 0 Å². The molecule has 0 fully saturated rings. The van der Waals surface area contributed by atoms with Crippen LogP contribution in [-0.4, -0.2) is 24.2 Å². The summed E-state index contributed by atoms with van der Waals surface area (Å²) in [5.41, 5.74) is 5.74. The molecule has 4 heteroatoms. The van der Waals surface area contributed by atoms with Crippen LogP contribution in [0.2, 0.25) is 0 Å². The summed E-state index contributed by atoms with van der Waals surface area (Å²) in [7, 11) is 1.66. The summed E-state index contributed by atoms with van der Waals surface area (Å²) >= 11 is 0. The van der Waals surface area contributed by atoms with Crippen molar-refractivity contribution in [2.75, 3.05) is 13.7 Å². The maximum absolute atomic E-state index is 6.09. The van der Waals surface area contributed by atoms with Crippen molar-refractivity contribution in [2.45, 2.75) is 25.8 Å².